The topological polar surface area (TPSA) is 86.7 Å². The molecule has 0 bridgehead atoms. The lowest BCUT2D eigenvalue weighted by Crippen LogP contribution is -2.44. The average Bonchev–Trinajstić information content (AvgIpc) is 2.93. The van der Waals surface area contributed by atoms with Gasteiger partial charge in [0.15, 0.2) is 0 Å². The normalized spacial score (nSPS) is 18.2. The van der Waals surface area contributed by atoms with Crippen LogP contribution in [0.3, 0.4) is 0 Å². The van der Waals surface area contributed by atoms with Gasteiger partial charge in [0.05, 0.1) is 5.92 Å². The number of carbonyl (C=O) groups is 3. The van der Waals surface area contributed by atoms with Crippen LogP contribution in [0.1, 0.15) is 24.8 Å². The Morgan fingerprint density at radius 3 is 2.71 bits per heavy atom. The molecule has 0 aromatic heterocycles. The first kappa shape index (κ1) is 17.7. The van der Waals surface area contributed by atoms with Crippen molar-refractivity contribution in [3.63, 3.8) is 0 Å². The summed E-state index contributed by atoms with van der Waals surface area (Å²) >= 11 is 0. The van der Waals surface area contributed by atoms with Crippen LogP contribution in [0.25, 0.3) is 0 Å². The van der Waals surface area contributed by atoms with Gasteiger partial charge in [0, 0.05) is 19.5 Å². The second kappa shape index (κ2) is 8.29. The number of likely N-dealkylation sites (tertiary alicyclic amines) is 1. The Morgan fingerprint density at radius 1 is 1.38 bits per heavy atom. The molecule has 6 nitrogen and oxygen atoms in total. The van der Waals surface area contributed by atoms with E-state index in [1.54, 1.807) is 11.0 Å². The fraction of sp³-hybridized carbons (Fsp3) is 0.389. The lowest BCUT2D eigenvalue weighted by atomic mass is 10.1. The summed E-state index contributed by atoms with van der Waals surface area (Å²) in [4.78, 5) is 37.2. The summed E-state index contributed by atoms with van der Waals surface area (Å²) in [6.07, 6.45) is 2.52. The van der Waals surface area contributed by atoms with E-state index in [9.17, 15) is 14.4 Å². The Balaban J connectivity index is 1.92. The number of hydrogen-bond acceptors (Lipinski definition) is 3. The first-order valence-corrected chi connectivity index (χ1v) is 7.97. The number of carbonyl (C=O) groups excluding carboxylic acids is 2. The Bertz CT molecular complexity index is 615. The van der Waals surface area contributed by atoms with E-state index in [4.69, 9.17) is 5.11 Å². The molecule has 1 aromatic carbocycles. The molecule has 2 rings (SSSR count). The highest BCUT2D eigenvalue weighted by atomic mass is 16.4. The third-order valence-electron chi connectivity index (χ3n) is 4.08. The third kappa shape index (κ3) is 4.68. The van der Waals surface area contributed by atoms with Crippen LogP contribution in [0, 0.1) is 5.92 Å². The number of rotatable bonds is 8. The third-order valence-corrected chi connectivity index (χ3v) is 4.08. The van der Waals surface area contributed by atoms with Crippen LogP contribution in [0.2, 0.25) is 0 Å². The standard InChI is InChI=1S/C18H22N2O4/c1-2-3-9-15(18(23)24)19-17(22)14-10-16(21)20(12-14)11-13-7-5-4-6-8-13/h2,4-8,14-15H,1,3,9-12H2,(H,19,22)(H,23,24). The molecule has 0 radical (unpaired) electrons. The van der Waals surface area contributed by atoms with Gasteiger partial charge in [-0.05, 0) is 18.4 Å². The minimum absolute atomic E-state index is 0.0861. The summed E-state index contributed by atoms with van der Waals surface area (Å²) in [6.45, 7) is 4.32. The number of nitrogens with zero attached hydrogens (tertiary/aromatic N) is 1. The van der Waals surface area contributed by atoms with Crippen LogP contribution in [0.4, 0.5) is 0 Å². The van der Waals surface area contributed by atoms with E-state index >= 15 is 0 Å². The van der Waals surface area contributed by atoms with Crippen molar-refractivity contribution in [1.82, 2.24) is 10.2 Å². The number of benzene rings is 1. The van der Waals surface area contributed by atoms with Gasteiger partial charge < -0.3 is 15.3 Å². The number of amides is 2. The van der Waals surface area contributed by atoms with Gasteiger partial charge in [-0.15, -0.1) is 6.58 Å². The molecule has 2 N–H and O–H groups in total. The molecule has 0 saturated carbocycles. The summed E-state index contributed by atoms with van der Waals surface area (Å²) < 4.78 is 0. The molecule has 1 fully saturated rings. The first-order valence-electron chi connectivity index (χ1n) is 7.97. The Morgan fingerprint density at radius 2 is 2.08 bits per heavy atom. The van der Waals surface area contributed by atoms with Gasteiger partial charge >= 0.3 is 5.97 Å². The maximum Gasteiger partial charge on any atom is 0.326 e. The maximum atomic E-state index is 12.3. The smallest absolute Gasteiger partial charge is 0.326 e. The lowest BCUT2D eigenvalue weighted by Gasteiger charge is -2.18. The summed E-state index contributed by atoms with van der Waals surface area (Å²) in [5, 5.41) is 11.7. The van der Waals surface area contributed by atoms with E-state index < -0.39 is 17.9 Å². The van der Waals surface area contributed by atoms with Crippen LogP contribution >= 0.6 is 0 Å². The fourth-order valence-electron chi connectivity index (χ4n) is 2.74. The minimum atomic E-state index is -1.07. The Hall–Kier alpha value is -2.63. The molecule has 1 aliphatic rings. The van der Waals surface area contributed by atoms with Gasteiger partial charge in [0.25, 0.3) is 0 Å². The Kier molecular flexibility index (Phi) is 6.12. The molecular formula is C18H22N2O4. The van der Waals surface area contributed by atoms with E-state index in [0.29, 0.717) is 25.9 Å². The van der Waals surface area contributed by atoms with E-state index in [0.717, 1.165) is 5.56 Å². The average molecular weight is 330 g/mol. The van der Waals surface area contributed by atoms with E-state index in [1.165, 1.54) is 0 Å². The van der Waals surface area contributed by atoms with Crippen molar-refractivity contribution in [3.8, 4) is 0 Å². The molecule has 1 aliphatic heterocycles. The van der Waals surface area contributed by atoms with E-state index in [-0.39, 0.29) is 18.2 Å². The van der Waals surface area contributed by atoms with E-state index in [1.807, 2.05) is 30.3 Å². The highest BCUT2D eigenvalue weighted by Gasteiger charge is 2.35. The molecule has 1 aromatic rings. The molecule has 0 spiro atoms. The van der Waals surface area contributed by atoms with Gasteiger partial charge in [0.1, 0.15) is 6.04 Å². The van der Waals surface area contributed by atoms with E-state index in [2.05, 4.69) is 11.9 Å². The lowest BCUT2D eigenvalue weighted by molar-refractivity contribution is -0.142. The number of allylic oxidation sites excluding steroid dienone is 1. The van der Waals surface area contributed by atoms with Crippen LogP contribution in [-0.4, -0.2) is 40.4 Å². The quantitative estimate of drug-likeness (QED) is 0.708. The largest absolute Gasteiger partial charge is 0.480 e. The molecule has 2 amide bonds. The molecule has 2 atom stereocenters. The van der Waals surface area contributed by atoms with Crippen molar-refractivity contribution >= 4 is 17.8 Å². The predicted octanol–water partition coefficient (Wildman–Crippen LogP) is 1.57. The maximum absolute atomic E-state index is 12.3. The first-order chi connectivity index (χ1) is 11.5. The van der Waals surface area contributed by atoms with Crippen LogP contribution in [0.15, 0.2) is 43.0 Å². The molecule has 0 aliphatic carbocycles. The van der Waals surface area contributed by atoms with Crippen molar-refractivity contribution in [2.75, 3.05) is 6.54 Å². The Labute approximate surface area is 141 Å². The van der Waals surface area contributed by atoms with Crippen LogP contribution < -0.4 is 5.32 Å². The fourth-order valence-corrected chi connectivity index (χ4v) is 2.74. The molecule has 128 valence electrons. The van der Waals surface area contributed by atoms with Gasteiger partial charge in [-0.1, -0.05) is 36.4 Å². The van der Waals surface area contributed by atoms with Gasteiger partial charge in [0.2, 0.25) is 11.8 Å². The molecule has 1 heterocycles. The SMILES string of the molecule is C=CCCC(NC(=O)C1CC(=O)N(Cc2ccccc2)C1)C(=O)O. The minimum Gasteiger partial charge on any atom is -0.480 e. The molecule has 2 unspecified atom stereocenters. The highest BCUT2D eigenvalue weighted by molar-refractivity contribution is 5.91. The van der Waals surface area contributed by atoms with Crippen molar-refractivity contribution < 1.29 is 19.5 Å². The van der Waals surface area contributed by atoms with Crippen LogP contribution in [-0.2, 0) is 20.9 Å². The summed E-state index contributed by atoms with van der Waals surface area (Å²) in [6, 6.07) is 8.61. The summed E-state index contributed by atoms with van der Waals surface area (Å²) in [5.41, 5.74) is 1.00. The number of carboxylic acid groups (broad SMARTS) is 1. The number of carboxylic acids is 1. The zero-order valence-electron chi connectivity index (χ0n) is 13.5. The van der Waals surface area contributed by atoms with Crippen LogP contribution in [0.5, 0.6) is 0 Å². The van der Waals surface area contributed by atoms with Crippen molar-refractivity contribution in [2.24, 2.45) is 5.92 Å². The van der Waals surface area contributed by atoms with Gasteiger partial charge in [-0.2, -0.15) is 0 Å². The monoisotopic (exact) mass is 330 g/mol. The van der Waals surface area contributed by atoms with Gasteiger partial charge in [-0.3, -0.25) is 9.59 Å². The predicted molar refractivity (Wildman–Crippen MR) is 89.0 cm³/mol. The van der Waals surface area contributed by atoms with Crippen molar-refractivity contribution in [3.05, 3.63) is 48.6 Å². The molecule has 24 heavy (non-hydrogen) atoms. The summed E-state index contributed by atoms with van der Waals surface area (Å²) in [5.74, 6) is -2.05. The van der Waals surface area contributed by atoms with Crippen molar-refractivity contribution in [2.45, 2.75) is 31.8 Å². The molecule has 1 saturated heterocycles. The molecule has 6 heteroatoms. The number of nitrogens with one attached hydrogen (secondary N) is 1. The number of hydrogen-bond donors (Lipinski definition) is 2. The van der Waals surface area contributed by atoms with Crippen molar-refractivity contribution in [1.29, 1.82) is 0 Å². The zero-order valence-corrected chi connectivity index (χ0v) is 13.5. The van der Waals surface area contributed by atoms with Gasteiger partial charge in [-0.25, -0.2) is 4.79 Å². The number of aliphatic carboxylic acids is 1. The second-order valence-corrected chi connectivity index (χ2v) is 5.93. The highest BCUT2D eigenvalue weighted by Crippen LogP contribution is 2.20. The zero-order chi connectivity index (χ0) is 17.5. The second-order valence-electron chi connectivity index (χ2n) is 5.93. The summed E-state index contributed by atoms with van der Waals surface area (Å²) in [7, 11) is 0. The molecular weight excluding hydrogens is 308 g/mol.